The molecular weight excluding hydrogens is 509 g/mol. The van der Waals surface area contributed by atoms with Crippen molar-refractivity contribution in [3.8, 4) is 0 Å². The molecule has 1 aliphatic carbocycles. The lowest BCUT2D eigenvalue weighted by Gasteiger charge is -2.37. The largest absolute Gasteiger partial charge is 0.362 e. The van der Waals surface area contributed by atoms with Crippen LogP contribution in [0.2, 0.25) is 0 Å². The van der Waals surface area contributed by atoms with E-state index in [1.807, 2.05) is 37.3 Å². The van der Waals surface area contributed by atoms with Gasteiger partial charge in [0.25, 0.3) is 5.91 Å². The summed E-state index contributed by atoms with van der Waals surface area (Å²) in [5, 5.41) is 6.18. The quantitative estimate of drug-likeness (QED) is 0.434. The van der Waals surface area contributed by atoms with Crippen molar-refractivity contribution in [2.45, 2.75) is 31.6 Å². The van der Waals surface area contributed by atoms with Crippen LogP contribution in [0.25, 0.3) is 0 Å². The van der Waals surface area contributed by atoms with Crippen LogP contribution in [0.3, 0.4) is 0 Å². The second-order valence-corrected chi connectivity index (χ2v) is 9.71. The molecule has 0 saturated heterocycles. The van der Waals surface area contributed by atoms with Crippen molar-refractivity contribution in [1.82, 2.24) is 10.3 Å². The molecule has 0 fully saturated rings. The Morgan fingerprint density at radius 1 is 1.06 bits per heavy atom. The number of hydrogen-bond acceptors (Lipinski definition) is 4. The van der Waals surface area contributed by atoms with E-state index in [1.165, 1.54) is 12.1 Å². The van der Waals surface area contributed by atoms with Gasteiger partial charge in [0, 0.05) is 45.5 Å². The molecule has 0 radical (unpaired) electrons. The van der Waals surface area contributed by atoms with Crippen LogP contribution in [0.15, 0.2) is 99.9 Å². The first-order valence-corrected chi connectivity index (χ1v) is 12.2. The number of benzene rings is 2. The molecule has 2 heterocycles. The van der Waals surface area contributed by atoms with Crippen LogP contribution < -0.4 is 10.6 Å². The Hall–Kier alpha value is -3.58. The highest BCUT2D eigenvalue weighted by atomic mass is 79.9. The molecule has 2 atom stereocenters. The van der Waals surface area contributed by atoms with Crippen molar-refractivity contribution in [1.29, 1.82) is 0 Å². The molecule has 2 N–H and O–H groups in total. The third kappa shape index (κ3) is 4.68. The van der Waals surface area contributed by atoms with E-state index in [9.17, 15) is 14.0 Å². The first kappa shape index (κ1) is 23.2. The van der Waals surface area contributed by atoms with Gasteiger partial charge in [0.2, 0.25) is 0 Å². The normalized spacial score (nSPS) is 19.8. The number of nitrogens with zero attached hydrogens (tertiary/aromatic N) is 1. The van der Waals surface area contributed by atoms with Gasteiger partial charge in [-0.25, -0.2) is 9.37 Å². The number of allylic oxidation sites excluding steroid dienone is 3. The molecule has 2 aromatic carbocycles. The van der Waals surface area contributed by atoms with Crippen molar-refractivity contribution >= 4 is 33.4 Å². The molecule has 35 heavy (non-hydrogen) atoms. The van der Waals surface area contributed by atoms with Crippen LogP contribution in [0.4, 0.5) is 10.2 Å². The van der Waals surface area contributed by atoms with Gasteiger partial charge in [-0.1, -0.05) is 42.5 Å². The Morgan fingerprint density at radius 2 is 1.83 bits per heavy atom. The number of nitrogens with one attached hydrogen (secondary N) is 2. The second kappa shape index (κ2) is 9.58. The Labute approximate surface area is 211 Å². The summed E-state index contributed by atoms with van der Waals surface area (Å²) in [5.41, 5.74) is 4.00. The Kier molecular flexibility index (Phi) is 6.34. The Morgan fingerprint density at radius 3 is 2.54 bits per heavy atom. The number of pyridine rings is 1. The molecule has 176 valence electrons. The number of dihydropyridines is 1. The van der Waals surface area contributed by atoms with E-state index in [4.69, 9.17) is 0 Å². The fourth-order valence-electron chi connectivity index (χ4n) is 4.95. The number of Topliss-reactive ketones (excluding diaryl/α,β-unsaturated/α-hetero) is 1. The lowest BCUT2D eigenvalue weighted by atomic mass is 9.71. The molecule has 0 bridgehead atoms. The summed E-state index contributed by atoms with van der Waals surface area (Å²) in [6, 6.07) is 19.5. The number of carbonyl (C=O) groups is 2. The molecule has 0 saturated carbocycles. The van der Waals surface area contributed by atoms with E-state index in [0.717, 1.165) is 15.7 Å². The molecule has 2 aliphatic rings. The number of anilines is 1. The highest BCUT2D eigenvalue weighted by Crippen LogP contribution is 2.45. The SMILES string of the molecule is CC1=C(C(=O)Nc2ccc(Br)cn2)[C@H](c2cccc(F)c2)C2=C(C[C@@H](c3ccccc3)CC2=O)N1. The van der Waals surface area contributed by atoms with Crippen LogP contribution >= 0.6 is 15.9 Å². The maximum atomic E-state index is 14.3. The van der Waals surface area contributed by atoms with Gasteiger partial charge in [-0.2, -0.15) is 0 Å². The van der Waals surface area contributed by atoms with Gasteiger partial charge < -0.3 is 10.6 Å². The van der Waals surface area contributed by atoms with Crippen molar-refractivity contribution in [3.63, 3.8) is 0 Å². The zero-order valence-electron chi connectivity index (χ0n) is 19.0. The highest BCUT2D eigenvalue weighted by molar-refractivity contribution is 9.10. The summed E-state index contributed by atoms with van der Waals surface area (Å²) in [5.74, 6) is -1.10. The van der Waals surface area contributed by atoms with Crippen LogP contribution in [0.5, 0.6) is 0 Å². The molecule has 1 amide bonds. The average molecular weight is 532 g/mol. The van der Waals surface area contributed by atoms with Crippen molar-refractivity contribution < 1.29 is 14.0 Å². The predicted molar refractivity (Wildman–Crippen MR) is 136 cm³/mol. The van der Waals surface area contributed by atoms with Gasteiger partial charge in [-0.15, -0.1) is 0 Å². The topological polar surface area (TPSA) is 71.1 Å². The number of aromatic nitrogens is 1. The van der Waals surface area contributed by atoms with Gasteiger partial charge in [0.1, 0.15) is 11.6 Å². The summed E-state index contributed by atoms with van der Waals surface area (Å²) in [7, 11) is 0. The second-order valence-electron chi connectivity index (χ2n) is 8.80. The summed E-state index contributed by atoms with van der Waals surface area (Å²) < 4.78 is 15.1. The maximum Gasteiger partial charge on any atom is 0.255 e. The van der Waals surface area contributed by atoms with Gasteiger partial charge in [-0.3, -0.25) is 9.59 Å². The molecule has 1 aliphatic heterocycles. The number of hydrogen-bond donors (Lipinski definition) is 2. The first-order valence-electron chi connectivity index (χ1n) is 11.4. The monoisotopic (exact) mass is 531 g/mol. The maximum absolute atomic E-state index is 14.3. The first-order chi connectivity index (χ1) is 16.9. The summed E-state index contributed by atoms with van der Waals surface area (Å²) in [6.07, 6.45) is 2.56. The number of rotatable bonds is 4. The van der Waals surface area contributed by atoms with Crippen LogP contribution in [0, 0.1) is 5.82 Å². The minimum atomic E-state index is -0.679. The van der Waals surface area contributed by atoms with E-state index in [2.05, 4.69) is 31.5 Å². The van der Waals surface area contributed by atoms with Gasteiger partial charge in [0.15, 0.2) is 5.78 Å². The van der Waals surface area contributed by atoms with Crippen LogP contribution in [-0.4, -0.2) is 16.7 Å². The van der Waals surface area contributed by atoms with Crippen molar-refractivity contribution in [2.75, 3.05) is 5.32 Å². The van der Waals surface area contributed by atoms with E-state index in [0.29, 0.717) is 41.1 Å². The number of ketones is 1. The third-order valence-corrected chi connectivity index (χ3v) is 6.96. The minimum Gasteiger partial charge on any atom is -0.362 e. The van der Waals surface area contributed by atoms with E-state index in [-0.39, 0.29) is 17.6 Å². The third-order valence-electron chi connectivity index (χ3n) is 6.49. The standard InChI is InChI=1S/C28H23BrFN3O2/c1-16-25(28(35)33-24-11-10-20(29)15-31-24)26(18-8-5-9-21(30)12-18)27-22(32-16)13-19(14-23(27)34)17-6-3-2-4-7-17/h2-12,15,19,26,32H,13-14H2,1H3,(H,31,33,35)/t19-,26+/m1/s1. The predicted octanol–water partition coefficient (Wildman–Crippen LogP) is 5.98. The van der Waals surface area contributed by atoms with Crippen LogP contribution in [0.1, 0.15) is 42.7 Å². The highest BCUT2D eigenvalue weighted by Gasteiger charge is 2.41. The lowest BCUT2D eigenvalue weighted by molar-refractivity contribution is -0.116. The molecule has 0 unspecified atom stereocenters. The number of halogens is 2. The molecule has 0 spiro atoms. The number of carbonyl (C=O) groups excluding carboxylic acids is 2. The fourth-order valence-corrected chi connectivity index (χ4v) is 5.19. The lowest BCUT2D eigenvalue weighted by Crippen LogP contribution is -2.37. The molecule has 7 heteroatoms. The zero-order chi connectivity index (χ0) is 24.5. The van der Waals surface area contributed by atoms with E-state index in [1.54, 1.807) is 30.5 Å². The average Bonchev–Trinajstić information content (AvgIpc) is 2.85. The molecular formula is C28H23BrFN3O2. The van der Waals surface area contributed by atoms with Gasteiger partial charge in [-0.05, 0) is 70.6 Å². The smallest absolute Gasteiger partial charge is 0.255 e. The number of amides is 1. The van der Waals surface area contributed by atoms with Gasteiger partial charge >= 0.3 is 0 Å². The van der Waals surface area contributed by atoms with Gasteiger partial charge in [0.05, 0.1) is 0 Å². The van der Waals surface area contributed by atoms with E-state index >= 15 is 0 Å². The Bertz CT molecular complexity index is 1370. The summed E-state index contributed by atoms with van der Waals surface area (Å²) >= 11 is 3.34. The minimum absolute atomic E-state index is 0.0400. The van der Waals surface area contributed by atoms with Crippen LogP contribution in [-0.2, 0) is 9.59 Å². The summed E-state index contributed by atoms with van der Waals surface area (Å²) in [6.45, 7) is 1.82. The molecule has 3 aromatic rings. The van der Waals surface area contributed by atoms with Crippen molar-refractivity contribution in [3.05, 3.63) is 117 Å². The summed E-state index contributed by atoms with van der Waals surface area (Å²) in [4.78, 5) is 31.3. The zero-order valence-corrected chi connectivity index (χ0v) is 20.6. The molecule has 5 rings (SSSR count). The Balaban J connectivity index is 1.56. The van der Waals surface area contributed by atoms with Crippen molar-refractivity contribution in [2.24, 2.45) is 0 Å². The van der Waals surface area contributed by atoms with E-state index < -0.39 is 11.7 Å². The fraction of sp³-hybridized carbons (Fsp3) is 0.179. The molecule has 1 aromatic heterocycles. The molecule has 5 nitrogen and oxygen atoms in total.